The number of carboxylic acids is 1. The van der Waals surface area contributed by atoms with Gasteiger partial charge in [0, 0.05) is 24.8 Å². The molecule has 0 unspecified atom stereocenters. The molecule has 7 heteroatoms. The Bertz CT molecular complexity index is 1220. The van der Waals surface area contributed by atoms with Gasteiger partial charge in [-0.15, -0.1) is 0 Å². The number of amides is 1. The summed E-state index contributed by atoms with van der Waals surface area (Å²) < 4.78 is 7.38. The lowest BCUT2D eigenvalue weighted by atomic mass is 9.86. The molecule has 1 aromatic heterocycles. The number of aliphatic carboxylic acids is 1. The zero-order valence-corrected chi connectivity index (χ0v) is 21.6. The molecule has 0 aliphatic rings. The molecule has 1 amide bonds. The van der Waals surface area contributed by atoms with Gasteiger partial charge in [-0.3, -0.25) is 9.48 Å². The third kappa shape index (κ3) is 6.50. The van der Waals surface area contributed by atoms with Crippen LogP contribution in [-0.2, 0) is 35.0 Å². The average Bonchev–Trinajstić information content (AvgIpc) is 3.13. The molecule has 2 aromatic carbocycles. The van der Waals surface area contributed by atoms with Crippen LogP contribution in [0.25, 0.3) is 11.3 Å². The van der Waals surface area contributed by atoms with Gasteiger partial charge in [-0.1, -0.05) is 57.2 Å². The van der Waals surface area contributed by atoms with Gasteiger partial charge < -0.3 is 15.2 Å². The Labute approximate surface area is 207 Å². The zero-order valence-electron chi connectivity index (χ0n) is 21.6. The number of rotatable bonds is 8. The van der Waals surface area contributed by atoms with Crippen LogP contribution >= 0.6 is 0 Å². The van der Waals surface area contributed by atoms with Crippen LogP contribution in [0.15, 0.2) is 48.5 Å². The van der Waals surface area contributed by atoms with Gasteiger partial charge in [0.2, 0.25) is 5.91 Å². The second-order valence-electron chi connectivity index (χ2n) is 10.4. The number of benzene rings is 2. The lowest BCUT2D eigenvalue weighted by Crippen LogP contribution is -2.38. The molecule has 2 N–H and O–H groups in total. The highest BCUT2D eigenvalue weighted by Gasteiger charge is 2.29. The summed E-state index contributed by atoms with van der Waals surface area (Å²) in [5.41, 5.74) is 4.42. The number of carbonyl (C=O) groups is 2. The minimum absolute atomic E-state index is 0.0901. The van der Waals surface area contributed by atoms with Crippen LogP contribution in [0.4, 0.5) is 0 Å². The molecule has 1 heterocycles. The van der Waals surface area contributed by atoms with E-state index in [1.165, 1.54) is 19.4 Å². The molecular formula is C28H35N3O4. The normalized spacial score (nSPS) is 11.9. The molecule has 0 saturated carbocycles. The lowest BCUT2D eigenvalue weighted by Gasteiger charge is -2.23. The summed E-state index contributed by atoms with van der Waals surface area (Å²) in [7, 11) is 1.84. The largest absolute Gasteiger partial charge is 0.478 e. The number of ether oxygens (including phenoxy) is 1. The fourth-order valence-electron chi connectivity index (χ4n) is 3.64. The first-order valence-electron chi connectivity index (χ1n) is 11.7. The molecule has 35 heavy (non-hydrogen) atoms. The Kier molecular flexibility index (Phi) is 7.38. The number of nitrogens with zero attached hydrogens (tertiary/aromatic N) is 2. The highest BCUT2D eigenvalue weighted by atomic mass is 16.5. The first-order valence-corrected chi connectivity index (χ1v) is 11.7. The molecular weight excluding hydrogens is 442 g/mol. The topological polar surface area (TPSA) is 93.5 Å². The molecule has 0 radical (unpaired) electrons. The van der Waals surface area contributed by atoms with Crippen molar-refractivity contribution in [2.75, 3.05) is 0 Å². The summed E-state index contributed by atoms with van der Waals surface area (Å²) >= 11 is 0. The number of carboxylic acid groups (broad SMARTS) is 1. The summed E-state index contributed by atoms with van der Waals surface area (Å²) in [4.78, 5) is 23.9. The monoisotopic (exact) mass is 477 g/mol. The van der Waals surface area contributed by atoms with Crippen molar-refractivity contribution in [2.24, 2.45) is 7.05 Å². The summed E-state index contributed by atoms with van der Waals surface area (Å²) in [5, 5.41) is 16.8. The molecule has 186 valence electrons. The molecule has 7 nitrogen and oxygen atoms in total. The number of carbonyl (C=O) groups excluding carboxylic acids is 1. The van der Waals surface area contributed by atoms with Crippen molar-refractivity contribution in [3.05, 3.63) is 70.9 Å². The number of hydrogen-bond acceptors (Lipinski definition) is 4. The second-order valence-corrected chi connectivity index (χ2v) is 10.4. The number of nitrogens with one attached hydrogen (secondary N) is 1. The van der Waals surface area contributed by atoms with E-state index in [2.05, 4.69) is 55.5 Å². The number of hydrogen-bond donors (Lipinski definition) is 2. The van der Waals surface area contributed by atoms with Gasteiger partial charge in [0.1, 0.15) is 5.75 Å². The molecule has 3 aromatic rings. The van der Waals surface area contributed by atoms with E-state index in [0.29, 0.717) is 12.3 Å². The van der Waals surface area contributed by atoms with E-state index in [-0.39, 0.29) is 17.7 Å². The Morgan fingerprint density at radius 1 is 1.03 bits per heavy atom. The average molecular weight is 478 g/mol. The predicted molar refractivity (Wildman–Crippen MR) is 136 cm³/mol. The highest BCUT2D eigenvalue weighted by Crippen LogP contribution is 2.26. The van der Waals surface area contributed by atoms with Gasteiger partial charge in [-0.25, -0.2) is 4.79 Å². The minimum Gasteiger partial charge on any atom is -0.478 e. The van der Waals surface area contributed by atoms with Crippen LogP contribution in [0.1, 0.15) is 57.0 Å². The molecule has 0 aliphatic carbocycles. The third-order valence-corrected chi connectivity index (χ3v) is 5.97. The van der Waals surface area contributed by atoms with E-state index < -0.39 is 11.6 Å². The van der Waals surface area contributed by atoms with Crippen molar-refractivity contribution in [1.29, 1.82) is 0 Å². The Morgan fingerprint density at radius 2 is 1.69 bits per heavy atom. The Balaban J connectivity index is 1.61. The van der Waals surface area contributed by atoms with Crippen LogP contribution in [0, 0.1) is 6.92 Å². The van der Waals surface area contributed by atoms with Crippen molar-refractivity contribution in [1.82, 2.24) is 15.1 Å². The van der Waals surface area contributed by atoms with Crippen molar-refractivity contribution in [3.63, 3.8) is 0 Å². The molecule has 0 spiro atoms. The molecule has 0 atom stereocenters. The SMILES string of the molecule is Cc1cc(CNC(=O)Cc2cc(-c3ccc(C(C)(C)C)cc3)nn2C)ccc1OC(C)(C)C(=O)O. The lowest BCUT2D eigenvalue weighted by molar-refractivity contribution is -0.152. The smallest absolute Gasteiger partial charge is 0.347 e. The third-order valence-electron chi connectivity index (χ3n) is 5.97. The fraction of sp³-hybridized carbons (Fsp3) is 0.393. The quantitative estimate of drug-likeness (QED) is 0.486. The summed E-state index contributed by atoms with van der Waals surface area (Å²) in [6.45, 7) is 11.8. The fourth-order valence-corrected chi connectivity index (χ4v) is 3.64. The van der Waals surface area contributed by atoms with Gasteiger partial charge in [0.05, 0.1) is 12.1 Å². The van der Waals surface area contributed by atoms with Crippen LogP contribution in [-0.4, -0.2) is 32.4 Å². The van der Waals surface area contributed by atoms with E-state index in [1.807, 2.05) is 32.2 Å². The standard InChI is InChI=1S/C28H35N3O4/c1-18-14-19(8-13-24(18)35-28(5,6)26(33)34)17-29-25(32)16-22-15-23(30-31(22)7)20-9-11-21(12-10-20)27(2,3)4/h8-15H,16-17H2,1-7H3,(H,29,32)(H,33,34). The second kappa shape index (κ2) is 9.94. The Hall–Kier alpha value is -3.61. The molecule has 3 rings (SSSR count). The van der Waals surface area contributed by atoms with Crippen LogP contribution in [0.5, 0.6) is 5.75 Å². The van der Waals surface area contributed by atoms with E-state index >= 15 is 0 Å². The van der Waals surface area contributed by atoms with E-state index in [1.54, 1.807) is 10.7 Å². The molecule has 0 fully saturated rings. The molecule has 0 aliphatic heterocycles. The van der Waals surface area contributed by atoms with Gasteiger partial charge in [-0.05, 0) is 55.0 Å². The van der Waals surface area contributed by atoms with Crippen molar-refractivity contribution < 1.29 is 19.4 Å². The first kappa shape index (κ1) is 26.0. The molecule has 0 bridgehead atoms. The van der Waals surface area contributed by atoms with Crippen LogP contribution in [0.2, 0.25) is 0 Å². The van der Waals surface area contributed by atoms with E-state index in [9.17, 15) is 14.7 Å². The van der Waals surface area contributed by atoms with E-state index in [4.69, 9.17) is 4.74 Å². The van der Waals surface area contributed by atoms with Gasteiger partial charge in [0.15, 0.2) is 5.60 Å². The van der Waals surface area contributed by atoms with Crippen LogP contribution in [0.3, 0.4) is 0 Å². The predicted octanol–water partition coefficient (Wildman–Crippen LogP) is 4.79. The maximum atomic E-state index is 12.6. The number of aromatic nitrogens is 2. The van der Waals surface area contributed by atoms with Gasteiger partial charge in [0.25, 0.3) is 0 Å². The van der Waals surface area contributed by atoms with E-state index in [0.717, 1.165) is 28.1 Å². The zero-order chi connectivity index (χ0) is 26.0. The summed E-state index contributed by atoms with van der Waals surface area (Å²) in [6.07, 6.45) is 0.219. The number of aryl methyl sites for hydroxylation is 2. The van der Waals surface area contributed by atoms with Crippen molar-refractivity contribution in [2.45, 2.75) is 65.5 Å². The highest BCUT2D eigenvalue weighted by molar-refractivity contribution is 5.79. The van der Waals surface area contributed by atoms with Gasteiger partial charge in [-0.2, -0.15) is 5.10 Å². The Morgan fingerprint density at radius 3 is 2.26 bits per heavy atom. The molecule has 0 saturated heterocycles. The first-order chi connectivity index (χ1) is 16.3. The minimum atomic E-state index is -1.32. The summed E-state index contributed by atoms with van der Waals surface area (Å²) in [5.74, 6) is -0.633. The summed E-state index contributed by atoms with van der Waals surface area (Å²) in [6, 6.07) is 15.8. The maximum Gasteiger partial charge on any atom is 0.347 e. The van der Waals surface area contributed by atoms with Crippen molar-refractivity contribution in [3.8, 4) is 17.0 Å². The van der Waals surface area contributed by atoms with Crippen molar-refractivity contribution >= 4 is 11.9 Å². The van der Waals surface area contributed by atoms with Crippen LogP contribution < -0.4 is 10.1 Å². The van der Waals surface area contributed by atoms with Gasteiger partial charge >= 0.3 is 5.97 Å². The maximum absolute atomic E-state index is 12.6.